The molecular formula is C10H16O. The fourth-order valence-electron chi connectivity index (χ4n) is 1.66. The Morgan fingerprint density at radius 1 is 1.73 bits per heavy atom. The maximum atomic E-state index is 9.51. The van der Waals surface area contributed by atoms with Crippen molar-refractivity contribution < 1.29 is 5.11 Å². The zero-order chi connectivity index (χ0) is 8.48. The van der Waals surface area contributed by atoms with Gasteiger partial charge in [-0.25, -0.2) is 0 Å². The summed E-state index contributed by atoms with van der Waals surface area (Å²) in [5, 5.41) is 9.51. The van der Waals surface area contributed by atoms with Crippen molar-refractivity contribution in [2.45, 2.75) is 32.8 Å². The van der Waals surface area contributed by atoms with Crippen molar-refractivity contribution in [3.8, 4) is 0 Å². The molecule has 11 heavy (non-hydrogen) atoms. The van der Waals surface area contributed by atoms with Crippen molar-refractivity contribution in [1.82, 2.24) is 0 Å². The molecule has 0 heterocycles. The van der Waals surface area contributed by atoms with Gasteiger partial charge in [-0.2, -0.15) is 0 Å². The highest BCUT2D eigenvalue weighted by atomic mass is 16.3. The van der Waals surface area contributed by atoms with E-state index in [2.05, 4.69) is 26.5 Å². The minimum Gasteiger partial charge on any atom is -0.385 e. The summed E-state index contributed by atoms with van der Waals surface area (Å²) in [6.45, 7) is 7.91. The van der Waals surface area contributed by atoms with Crippen LogP contribution in [0.4, 0.5) is 0 Å². The number of hydrogen-bond acceptors (Lipinski definition) is 1. The number of aliphatic hydroxyl groups excluding tert-OH is 1. The minimum atomic E-state index is -0.438. The molecule has 0 saturated carbocycles. The Bertz CT molecular complexity index is 189. The SMILES string of the molecule is C=C[C@@H](O)C1=CCCC1(C)C. The van der Waals surface area contributed by atoms with E-state index in [0.717, 1.165) is 18.4 Å². The maximum Gasteiger partial charge on any atom is 0.0934 e. The van der Waals surface area contributed by atoms with Gasteiger partial charge in [0.15, 0.2) is 0 Å². The van der Waals surface area contributed by atoms with Gasteiger partial charge in [0.1, 0.15) is 0 Å². The number of allylic oxidation sites excluding steroid dienone is 1. The van der Waals surface area contributed by atoms with Gasteiger partial charge in [-0.05, 0) is 23.8 Å². The van der Waals surface area contributed by atoms with E-state index in [1.165, 1.54) is 0 Å². The van der Waals surface area contributed by atoms with Crippen molar-refractivity contribution in [2.75, 3.05) is 0 Å². The molecule has 1 rings (SSSR count). The Morgan fingerprint density at radius 2 is 2.36 bits per heavy atom. The van der Waals surface area contributed by atoms with E-state index in [1.54, 1.807) is 6.08 Å². The summed E-state index contributed by atoms with van der Waals surface area (Å²) < 4.78 is 0. The van der Waals surface area contributed by atoms with E-state index in [-0.39, 0.29) is 5.41 Å². The number of aliphatic hydroxyl groups is 1. The first-order chi connectivity index (χ1) is 5.08. The number of rotatable bonds is 2. The predicted molar refractivity (Wildman–Crippen MR) is 47.3 cm³/mol. The molecule has 1 aliphatic rings. The molecule has 0 bridgehead atoms. The van der Waals surface area contributed by atoms with Gasteiger partial charge >= 0.3 is 0 Å². The maximum absolute atomic E-state index is 9.51. The van der Waals surface area contributed by atoms with Crippen molar-refractivity contribution in [3.05, 3.63) is 24.3 Å². The van der Waals surface area contributed by atoms with Crippen LogP contribution in [0.5, 0.6) is 0 Å². The van der Waals surface area contributed by atoms with E-state index in [9.17, 15) is 5.11 Å². The van der Waals surface area contributed by atoms with Crippen LogP contribution in [0.3, 0.4) is 0 Å². The third-order valence-electron chi connectivity index (χ3n) is 2.46. The summed E-state index contributed by atoms with van der Waals surface area (Å²) in [6, 6.07) is 0. The third kappa shape index (κ3) is 1.54. The highest BCUT2D eigenvalue weighted by Crippen LogP contribution is 2.39. The monoisotopic (exact) mass is 152 g/mol. The molecule has 62 valence electrons. The molecule has 1 aliphatic carbocycles. The lowest BCUT2D eigenvalue weighted by Gasteiger charge is -2.24. The van der Waals surface area contributed by atoms with Gasteiger partial charge in [0.05, 0.1) is 6.10 Å². The Morgan fingerprint density at radius 3 is 2.73 bits per heavy atom. The van der Waals surface area contributed by atoms with Crippen LogP contribution >= 0.6 is 0 Å². The summed E-state index contributed by atoms with van der Waals surface area (Å²) >= 11 is 0. The van der Waals surface area contributed by atoms with Crippen LogP contribution in [0.2, 0.25) is 0 Å². The van der Waals surface area contributed by atoms with Gasteiger partial charge in [-0.1, -0.05) is 26.0 Å². The van der Waals surface area contributed by atoms with E-state index in [1.807, 2.05) is 0 Å². The van der Waals surface area contributed by atoms with E-state index >= 15 is 0 Å². The molecule has 0 radical (unpaired) electrons. The smallest absolute Gasteiger partial charge is 0.0934 e. The van der Waals surface area contributed by atoms with Crippen LogP contribution < -0.4 is 0 Å². The molecule has 1 heteroatoms. The molecular weight excluding hydrogens is 136 g/mol. The van der Waals surface area contributed by atoms with Crippen LogP contribution in [-0.2, 0) is 0 Å². The second-order valence-corrected chi connectivity index (χ2v) is 3.76. The van der Waals surface area contributed by atoms with Gasteiger partial charge in [-0.3, -0.25) is 0 Å². The summed E-state index contributed by atoms with van der Waals surface area (Å²) in [5.41, 5.74) is 1.31. The Labute approximate surface area is 68.4 Å². The highest BCUT2D eigenvalue weighted by Gasteiger charge is 2.30. The molecule has 0 unspecified atom stereocenters. The van der Waals surface area contributed by atoms with E-state index < -0.39 is 6.10 Å². The van der Waals surface area contributed by atoms with Crippen LogP contribution in [0.15, 0.2) is 24.3 Å². The van der Waals surface area contributed by atoms with Crippen molar-refractivity contribution in [3.63, 3.8) is 0 Å². The first kappa shape index (κ1) is 8.54. The lowest BCUT2D eigenvalue weighted by molar-refractivity contribution is 0.227. The van der Waals surface area contributed by atoms with E-state index in [0.29, 0.717) is 0 Å². The molecule has 0 aromatic rings. The topological polar surface area (TPSA) is 20.2 Å². The number of hydrogen-bond donors (Lipinski definition) is 1. The summed E-state index contributed by atoms with van der Waals surface area (Å²) in [7, 11) is 0. The fourth-order valence-corrected chi connectivity index (χ4v) is 1.66. The molecule has 0 amide bonds. The normalized spacial score (nSPS) is 24.5. The molecule has 1 nitrogen and oxygen atoms in total. The largest absolute Gasteiger partial charge is 0.385 e. The molecule has 0 aromatic carbocycles. The Hall–Kier alpha value is -0.560. The first-order valence-corrected chi connectivity index (χ1v) is 4.09. The molecule has 0 aromatic heterocycles. The fraction of sp³-hybridized carbons (Fsp3) is 0.600. The van der Waals surface area contributed by atoms with Gasteiger partial charge in [0, 0.05) is 0 Å². The summed E-state index contributed by atoms with van der Waals surface area (Å²) in [6.07, 6.45) is 5.53. The van der Waals surface area contributed by atoms with E-state index in [4.69, 9.17) is 0 Å². The zero-order valence-electron chi connectivity index (χ0n) is 7.30. The lowest BCUT2D eigenvalue weighted by atomic mass is 9.83. The van der Waals surface area contributed by atoms with Crippen LogP contribution in [0.1, 0.15) is 26.7 Å². The van der Waals surface area contributed by atoms with Crippen molar-refractivity contribution in [2.24, 2.45) is 5.41 Å². The lowest BCUT2D eigenvalue weighted by Crippen LogP contribution is -2.19. The Kier molecular flexibility index (Phi) is 2.19. The summed E-state index contributed by atoms with van der Waals surface area (Å²) in [5.74, 6) is 0. The molecule has 1 N–H and O–H groups in total. The molecule has 1 atom stereocenters. The van der Waals surface area contributed by atoms with Crippen LogP contribution in [0, 0.1) is 5.41 Å². The first-order valence-electron chi connectivity index (χ1n) is 4.09. The van der Waals surface area contributed by atoms with Gasteiger partial charge < -0.3 is 5.11 Å². The molecule has 0 spiro atoms. The van der Waals surface area contributed by atoms with Crippen LogP contribution in [-0.4, -0.2) is 11.2 Å². The predicted octanol–water partition coefficient (Wildman–Crippen LogP) is 2.28. The molecule has 0 fully saturated rings. The average Bonchev–Trinajstić information content (AvgIpc) is 2.28. The van der Waals surface area contributed by atoms with Gasteiger partial charge in [0.25, 0.3) is 0 Å². The Balaban J connectivity index is 2.78. The second kappa shape index (κ2) is 2.82. The zero-order valence-corrected chi connectivity index (χ0v) is 7.30. The van der Waals surface area contributed by atoms with Crippen LogP contribution in [0.25, 0.3) is 0 Å². The average molecular weight is 152 g/mol. The minimum absolute atomic E-state index is 0.174. The van der Waals surface area contributed by atoms with Gasteiger partial charge in [-0.15, -0.1) is 6.58 Å². The highest BCUT2D eigenvalue weighted by molar-refractivity contribution is 5.25. The molecule has 0 saturated heterocycles. The van der Waals surface area contributed by atoms with Crippen molar-refractivity contribution in [1.29, 1.82) is 0 Å². The van der Waals surface area contributed by atoms with Gasteiger partial charge in [0.2, 0.25) is 0 Å². The third-order valence-corrected chi connectivity index (χ3v) is 2.46. The standard InChI is InChI=1S/C10H16O/c1-4-9(11)8-6-5-7-10(8,2)3/h4,6,9,11H,1,5,7H2,2-3H3/t9-/m1/s1. The summed E-state index contributed by atoms with van der Waals surface area (Å²) in [4.78, 5) is 0. The quantitative estimate of drug-likeness (QED) is 0.602. The molecule has 0 aliphatic heterocycles. The van der Waals surface area contributed by atoms with Crippen molar-refractivity contribution >= 4 is 0 Å². The second-order valence-electron chi connectivity index (χ2n) is 3.76.